The Morgan fingerprint density at radius 2 is 2.17 bits per heavy atom. The van der Waals surface area contributed by atoms with Gasteiger partial charge in [-0.1, -0.05) is 5.11 Å². The predicted octanol–water partition coefficient (Wildman–Crippen LogP) is 2.24. The van der Waals surface area contributed by atoms with E-state index in [2.05, 4.69) is 10.0 Å². The Morgan fingerprint density at radius 1 is 1.58 bits per heavy atom. The summed E-state index contributed by atoms with van der Waals surface area (Å²) < 4.78 is 0. The van der Waals surface area contributed by atoms with Gasteiger partial charge in [-0.2, -0.15) is 0 Å². The molecule has 0 spiro atoms. The molecule has 0 bridgehead atoms. The van der Waals surface area contributed by atoms with E-state index in [1.807, 2.05) is 6.92 Å². The molecule has 1 N–H and O–H groups in total. The van der Waals surface area contributed by atoms with Gasteiger partial charge in [0.25, 0.3) is 0 Å². The van der Waals surface area contributed by atoms with Crippen LogP contribution in [-0.2, 0) is 0 Å². The molecule has 0 radical (unpaired) electrons. The van der Waals surface area contributed by atoms with Gasteiger partial charge in [0.05, 0.1) is 5.60 Å². The van der Waals surface area contributed by atoms with Crippen LogP contribution in [0.5, 0.6) is 0 Å². The second kappa shape index (κ2) is 3.78. The summed E-state index contributed by atoms with van der Waals surface area (Å²) in [4.78, 5) is 2.73. The lowest BCUT2D eigenvalue weighted by Crippen LogP contribution is -2.31. The van der Waals surface area contributed by atoms with Crippen LogP contribution >= 0.6 is 0 Å². The van der Waals surface area contributed by atoms with Crippen LogP contribution in [0.15, 0.2) is 5.11 Å². The van der Waals surface area contributed by atoms with Crippen molar-refractivity contribution in [2.24, 2.45) is 11.0 Å². The third-order valence-corrected chi connectivity index (χ3v) is 2.59. The molecule has 0 heterocycles. The van der Waals surface area contributed by atoms with Crippen molar-refractivity contribution in [1.82, 2.24) is 0 Å². The lowest BCUT2D eigenvalue weighted by atomic mass is 9.80. The Hall–Kier alpha value is -0.730. The monoisotopic (exact) mass is 169 g/mol. The van der Waals surface area contributed by atoms with Crippen molar-refractivity contribution in [3.8, 4) is 0 Å². The average Bonchev–Trinajstić information content (AvgIpc) is 2.03. The highest BCUT2D eigenvalue weighted by molar-refractivity contribution is 4.82. The first-order chi connectivity index (χ1) is 5.64. The van der Waals surface area contributed by atoms with Crippen LogP contribution in [0.4, 0.5) is 0 Å². The molecule has 4 nitrogen and oxygen atoms in total. The van der Waals surface area contributed by atoms with E-state index in [4.69, 9.17) is 5.53 Å². The molecule has 0 saturated heterocycles. The summed E-state index contributed by atoms with van der Waals surface area (Å²) in [6.07, 6.45) is 3.62. The Bertz CT molecular complexity index is 186. The molecule has 4 heteroatoms. The second-order valence-electron chi connectivity index (χ2n) is 3.85. The fraction of sp³-hybridized carbons (Fsp3) is 1.00. The molecule has 1 aliphatic rings. The van der Waals surface area contributed by atoms with Gasteiger partial charge in [0.15, 0.2) is 0 Å². The number of hydrogen-bond donors (Lipinski definition) is 1. The number of aliphatic hydroxyl groups is 1. The highest BCUT2D eigenvalue weighted by Crippen LogP contribution is 2.31. The number of azide groups is 1. The molecule has 0 amide bonds. The molecule has 0 aromatic rings. The second-order valence-corrected chi connectivity index (χ2v) is 3.85. The molecular formula is C8H15N3O. The smallest absolute Gasteiger partial charge is 0.0620 e. The van der Waals surface area contributed by atoms with Crippen LogP contribution in [0.2, 0.25) is 0 Å². The van der Waals surface area contributed by atoms with Crippen LogP contribution in [-0.4, -0.2) is 17.3 Å². The van der Waals surface area contributed by atoms with E-state index in [1.54, 1.807) is 0 Å². The molecule has 1 rings (SSSR count). The molecule has 12 heavy (non-hydrogen) atoms. The van der Waals surface area contributed by atoms with E-state index in [0.717, 1.165) is 25.7 Å². The maximum Gasteiger partial charge on any atom is 0.0620 e. The van der Waals surface area contributed by atoms with Crippen molar-refractivity contribution in [3.63, 3.8) is 0 Å². The van der Waals surface area contributed by atoms with E-state index < -0.39 is 5.60 Å². The molecule has 1 aliphatic carbocycles. The summed E-state index contributed by atoms with van der Waals surface area (Å²) in [5.41, 5.74) is 7.63. The zero-order chi connectivity index (χ0) is 9.03. The van der Waals surface area contributed by atoms with Crippen LogP contribution in [0.1, 0.15) is 32.6 Å². The number of rotatable bonds is 2. The summed E-state index contributed by atoms with van der Waals surface area (Å²) in [6.45, 7) is 2.46. The number of hydrogen-bond acceptors (Lipinski definition) is 2. The van der Waals surface area contributed by atoms with Crippen LogP contribution in [0.3, 0.4) is 0 Å². The van der Waals surface area contributed by atoms with Crippen LogP contribution in [0.25, 0.3) is 10.4 Å². The minimum atomic E-state index is -0.479. The predicted molar refractivity (Wildman–Crippen MR) is 46.6 cm³/mol. The third kappa shape index (κ3) is 2.72. The normalized spacial score (nSPS) is 35.7. The van der Waals surface area contributed by atoms with Crippen LogP contribution < -0.4 is 0 Å². The standard InChI is InChI=1S/C8H15N3O/c1-8(12)4-2-7(3-5-8)6-10-11-9/h7,12H,2-6H2,1H3. The SMILES string of the molecule is CC1(O)CCC(CN=[N+]=[N-])CC1. The zero-order valence-corrected chi connectivity index (χ0v) is 7.40. The Kier molecular flexibility index (Phi) is 2.95. The van der Waals surface area contributed by atoms with Crippen molar-refractivity contribution in [3.05, 3.63) is 10.4 Å². The fourth-order valence-electron chi connectivity index (χ4n) is 1.63. The van der Waals surface area contributed by atoms with Crippen molar-refractivity contribution in [2.75, 3.05) is 6.54 Å². The van der Waals surface area contributed by atoms with Crippen molar-refractivity contribution in [2.45, 2.75) is 38.2 Å². The van der Waals surface area contributed by atoms with E-state index in [1.165, 1.54) is 0 Å². The molecule has 0 aromatic heterocycles. The Labute approximate surface area is 72.2 Å². The lowest BCUT2D eigenvalue weighted by Gasteiger charge is -2.32. The Morgan fingerprint density at radius 3 is 2.67 bits per heavy atom. The lowest BCUT2D eigenvalue weighted by molar-refractivity contribution is 0.00928. The van der Waals surface area contributed by atoms with Crippen molar-refractivity contribution >= 4 is 0 Å². The van der Waals surface area contributed by atoms with Gasteiger partial charge < -0.3 is 5.11 Å². The highest BCUT2D eigenvalue weighted by atomic mass is 16.3. The van der Waals surface area contributed by atoms with Gasteiger partial charge in [0, 0.05) is 11.5 Å². The first-order valence-electron chi connectivity index (χ1n) is 4.37. The van der Waals surface area contributed by atoms with Gasteiger partial charge in [0.1, 0.15) is 0 Å². The quantitative estimate of drug-likeness (QED) is 0.384. The van der Waals surface area contributed by atoms with E-state index >= 15 is 0 Å². The molecule has 0 unspecified atom stereocenters. The zero-order valence-electron chi connectivity index (χ0n) is 7.40. The largest absolute Gasteiger partial charge is 0.390 e. The summed E-state index contributed by atoms with van der Waals surface area (Å²) in [5, 5.41) is 13.2. The summed E-state index contributed by atoms with van der Waals surface area (Å²) in [7, 11) is 0. The van der Waals surface area contributed by atoms with Gasteiger partial charge in [-0.05, 0) is 44.1 Å². The number of nitrogens with zero attached hydrogens (tertiary/aromatic N) is 3. The summed E-state index contributed by atoms with van der Waals surface area (Å²) in [5.74, 6) is 0.487. The topological polar surface area (TPSA) is 69.0 Å². The minimum absolute atomic E-state index is 0.479. The molecule has 0 atom stereocenters. The van der Waals surface area contributed by atoms with Gasteiger partial charge in [-0.3, -0.25) is 0 Å². The van der Waals surface area contributed by atoms with E-state index in [0.29, 0.717) is 12.5 Å². The van der Waals surface area contributed by atoms with Gasteiger partial charge in [-0.25, -0.2) is 0 Å². The van der Waals surface area contributed by atoms with Crippen LogP contribution in [0, 0.1) is 5.92 Å². The van der Waals surface area contributed by atoms with E-state index in [-0.39, 0.29) is 0 Å². The van der Waals surface area contributed by atoms with Crippen molar-refractivity contribution in [1.29, 1.82) is 0 Å². The van der Waals surface area contributed by atoms with Gasteiger partial charge in [0.2, 0.25) is 0 Å². The van der Waals surface area contributed by atoms with Gasteiger partial charge in [-0.15, -0.1) is 0 Å². The molecule has 0 aromatic carbocycles. The molecule has 0 aliphatic heterocycles. The third-order valence-electron chi connectivity index (χ3n) is 2.59. The molecule has 1 saturated carbocycles. The summed E-state index contributed by atoms with van der Waals surface area (Å²) in [6, 6.07) is 0. The maximum atomic E-state index is 9.61. The molecule has 68 valence electrons. The average molecular weight is 169 g/mol. The molecular weight excluding hydrogens is 154 g/mol. The highest BCUT2D eigenvalue weighted by Gasteiger charge is 2.27. The first-order valence-corrected chi connectivity index (χ1v) is 4.37. The Balaban J connectivity index is 2.31. The van der Waals surface area contributed by atoms with E-state index in [9.17, 15) is 5.11 Å². The molecule has 1 fully saturated rings. The van der Waals surface area contributed by atoms with Gasteiger partial charge >= 0.3 is 0 Å². The minimum Gasteiger partial charge on any atom is -0.390 e. The van der Waals surface area contributed by atoms with Crippen molar-refractivity contribution < 1.29 is 5.11 Å². The maximum absolute atomic E-state index is 9.61. The fourth-order valence-corrected chi connectivity index (χ4v) is 1.63. The summed E-state index contributed by atoms with van der Waals surface area (Å²) >= 11 is 0. The first kappa shape index (κ1) is 9.36.